The van der Waals surface area contributed by atoms with Crippen LogP contribution in [0.5, 0.6) is 0 Å². The standard InChI is InChI=1S/C8H15N3O/c1-8(12,6-9-2)7-4-5-11(3)10-7/h4-5,9,12H,6H2,1-3H3. The van der Waals surface area contributed by atoms with E-state index in [1.807, 2.05) is 19.3 Å². The minimum absolute atomic E-state index is 0.504. The molecule has 0 radical (unpaired) electrons. The Morgan fingerprint density at radius 2 is 2.42 bits per heavy atom. The van der Waals surface area contributed by atoms with Gasteiger partial charge in [0.1, 0.15) is 5.60 Å². The van der Waals surface area contributed by atoms with Crippen LogP contribution >= 0.6 is 0 Å². The van der Waals surface area contributed by atoms with Gasteiger partial charge in [0.05, 0.1) is 5.69 Å². The molecule has 1 aromatic heterocycles. The summed E-state index contributed by atoms with van der Waals surface area (Å²) in [6, 6.07) is 1.82. The molecule has 1 aromatic rings. The summed E-state index contributed by atoms with van der Waals surface area (Å²) in [7, 11) is 3.64. The van der Waals surface area contributed by atoms with Gasteiger partial charge in [-0.1, -0.05) is 0 Å². The number of nitrogens with one attached hydrogen (secondary N) is 1. The number of hydrogen-bond donors (Lipinski definition) is 2. The van der Waals surface area contributed by atoms with E-state index in [0.717, 1.165) is 0 Å². The number of nitrogens with zero attached hydrogens (tertiary/aromatic N) is 2. The Kier molecular flexibility index (Phi) is 2.49. The van der Waals surface area contributed by atoms with Crippen molar-refractivity contribution >= 4 is 0 Å². The molecule has 1 unspecified atom stereocenters. The maximum atomic E-state index is 9.86. The predicted octanol–water partition coefficient (Wildman–Crippen LogP) is -0.153. The molecule has 0 aromatic carbocycles. The highest BCUT2D eigenvalue weighted by Gasteiger charge is 2.24. The highest BCUT2D eigenvalue weighted by atomic mass is 16.3. The Balaban J connectivity index is 2.81. The molecule has 1 atom stereocenters. The number of aliphatic hydroxyl groups is 1. The second-order valence-corrected chi connectivity index (χ2v) is 3.18. The second-order valence-electron chi connectivity index (χ2n) is 3.18. The molecular weight excluding hydrogens is 154 g/mol. The van der Waals surface area contributed by atoms with Crippen molar-refractivity contribution < 1.29 is 5.11 Å². The van der Waals surface area contributed by atoms with Gasteiger partial charge in [-0.05, 0) is 20.0 Å². The van der Waals surface area contributed by atoms with Gasteiger partial charge in [0.2, 0.25) is 0 Å². The van der Waals surface area contributed by atoms with Gasteiger partial charge in [-0.25, -0.2) is 0 Å². The van der Waals surface area contributed by atoms with Gasteiger partial charge in [0.25, 0.3) is 0 Å². The number of rotatable bonds is 3. The minimum Gasteiger partial charge on any atom is -0.382 e. The Hall–Kier alpha value is -0.870. The lowest BCUT2D eigenvalue weighted by Gasteiger charge is -2.19. The molecule has 0 bridgehead atoms. The fraction of sp³-hybridized carbons (Fsp3) is 0.625. The Bertz CT molecular complexity index is 255. The number of hydrogen-bond acceptors (Lipinski definition) is 3. The molecule has 0 aliphatic rings. The lowest BCUT2D eigenvalue weighted by molar-refractivity contribution is 0.0540. The third kappa shape index (κ3) is 1.84. The van der Waals surface area contributed by atoms with Crippen LogP contribution in [0, 0.1) is 0 Å². The van der Waals surface area contributed by atoms with Crippen molar-refractivity contribution in [3.63, 3.8) is 0 Å². The van der Waals surface area contributed by atoms with E-state index in [4.69, 9.17) is 0 Å². The van der Waals surface area contributed by atoms with Crippen molar-refractivity contribution in [2.75, 3.05) is 13.6 Å². The molecular formula is C8H15N3O. The van der Waals surface area contributed by atoms with Crippen LogP contribution in [0.25, 0.3) is 0 Å². The van der Waals surface area contributed by atoms with E-state index in [9.17, 15) is 5.11 Å². The maximum absolute atomic E-state index is 9.86. The minimum atomic E-state index is -0.879. The molecule has 0 saturated carbocycles. The first-order chi connectivity index (χ1) is 5.56. The summed E-state index contributed by atoms with van der Waals surface area (Å²) in [6.07, 6.45) is 1.82. The van der Waals surface area contributed by atoms with Crippen molar-refractivity contribution in [3.8, 4) is 0 Å². The molecule has 1 rings (SSSR count). The van der Waals surface area contributed by atoms with Crippen molar-refractivity contribution in [2.24, 2.45) is 7.05 Å². The zero-order valence-corrected chi connectivity index (χ0v) is 7.70. The molecule has 4 nitrogen and oxygen atoms in total. The first-order valence-corrected chi connectivity index (χ1v) is 3.93. The first-order valence-electron chi connectivity index (χ1n) is 3.93. The van der Waals surface area contributed by atoms with Crippen molar-refractivity contribution in [1.82, 2.24) is 15.1 Å². The molecule has 0 fully saturated rings. The zero-order chi connectivity index (χ0) is 9.19. The second kappa shape index (κ2) is 3.25. The average Bonchev–Trinajstić information content (AvgIpc) is 2.36. The van der Waals surface area contributed by atoms with Gasteiger partial charge in [-0.15, -0.1) is 0 Å². The van der Waals surface area contributed by atoms with E-state index in [1.54, 1.807) is 18.7 Å². The summed E-state index contributed by atoms with van der Waals surface area (Å²) in [5, 5.41) is 16.9. The third-order valence-electron chi connectivity index (χ3n) is 1.79. The van der Waals surface area contributed by atoms with Crippen LogP contribution < -0.4 is 5.32 Å². The van der Waals surface area contributed by atoms with Crippen LogP contribution in [0.3, 0.4) is 0 Å². The monoisotopic (exact) mass is 169 g/mol. The molecule has 68 valence electrons. The Morgan fingerprint density at radius 3 is 2.83 bits per heavy atom. The molecule has 0 aliphatic heterocycles. The molecule has 0 amide bonds. The topological polar surface area (TPSA) is 50.1 Å². The molecule has 2 N–H and O–H groups in total. The highest BCUT2D eigenvalue weighted by Crippen LogP contribution is 2.16. The summed E-state index contributed by atoms with van der Waals surface area (Å²) >= 11 is 0. The SMILES string of the molecule is CNCC(C)(O)c1ccn(C)n1. The van der Waals surface area contributed by atoms with E-state index in [2.05, 4.69) is 10.4 Å². The smallest absolute Gasteiger partial charge is 0.118 e. The number of likely N-dealkylation sites (N-methyl/N-ethyl adjacent to an activating group) is 1. The lowest BCUT2D eigenvalue weighted by Crippen LogP contribution is -2.34. The molecule has 1 heterocycles. The molecule has 0 aliphatic carbocycles. The van der Waals surface area contributed by atoms with Crippen molar-refractivity contribution in [1.29, 1.82) is 0 Å². The average molecular weight is 169 g/mol. The van der Waals surface area contributed by atoms with Crippen LogP contribution in [0.1, 0.15) is 12.6 Å². The normalized spacial score (nSPS) is 16.0. The summed E-state index contributed by atoms with van der Waals surface area (Å²) in [6.45, 7) is 2.25. The van der Waals surface area contributed by atoms with E-state index < -0.39 is 5.60 Å². The summed E-state index contributed by atoms with van der Waals surface area (Å²) < 4.78 is 1.68. The van der Waals surface area contributed by atoms with Gasteiger partial charge in [0.15, 0.2) is 0 Å². The zero-order valence-electron chi connectivity index (χ0n) is 7.70. The van der Waals surface area contributed by atoms with Crippen LogP contribution in [-0.2, 0) is 12.6 Å². The van der Waals surface area contributed by atoms with Crippen LogP contribution in [0.4, 0.5) is 0 Å². The van der Waals surface area contributed by atoms with Crippen LogP contribution in [0.2, 0.25) is 0 Å². The lowest BCUT2D eigenvalue weighted by atomic mass is 10.0. The quantitative estimate of drug-likeness (QED) is 0.661. The summed E-state index contributed by atoms with van der Waals surface area (Å²) in [5.74, 6) is 0. The van der Waals surface area contributed by atoms with Gasteiger partial charge >= 0.3 is 0 Å². The Labute approximate surface area is 72.2 Å². The van der Waals surface area contributed by atoms with Gasteiger partial charge in [-0.2, -0.15) is 5.10 Å². The van der Waals surface area contributed by atoms with Crippen molar-refractivity contribution in [3.05, 3.63) is 18.0 Å². The molecule has 0 saturated heterocycles. The van der Waals surface area contributed by atoms with Crippen LogP contribution in [-0.4, -0.2) is 28.5 Å². The summed E-state index contributed by atoms with van der Waals surface area (Å²) in [5.41, 5.74) is -0.185. The van der Waals surface area contributed by atoms with E-state index in [0.29, 0.717) is 12.2 Å². The maximum Gasteiger partial charge on any atom is 0.118 e. The predicted molar refractivity (Wildman–Crippen MR) is 46.7 cm³/mol. The summed E-state index contributed by atoms with van der Waals surface area (Å²) in [4.78, 5) is 0. The number of aromatic nitrogens is 2. The third-order valence-corrected chi connectivity index (χ3v) is 1.79. The first kappa shape index (κ1) is 9.22. The highest BCUT2D eigenvalue weighted by molar-refractivity contribution is 5.09. The Morgan fingerprint density at radius 1 is 1.75 bits per heavy atom. The molecule has 4 heteroatoms. The fourth-order valence-electron chi connectivity index (χ4n) is 1.14. The van der Waals surface area contributed by atoms with Crippen molar-refractivity contribution in [2.45, 2.75) is 12.5 Å². The largest absolute Gasteiger partial charge is 0.382 e. The van der Waals surface area contributed by atoms with E-state index >= 15 is 0 Å². The van der Waals surface area contributed by atoms with Gasteiger partial charge < -0.3 is 10.4 Å². The van der Waals surface area contributed by atoms with Crippen LogP contribution in [0.15, 0.2) is 12.3 Å². The van der Waals surface area contributed by atoms with E-state index in [1.165, 1.54) is 0 Å². The van der Waals surface area contributed by atoms with Gasteiger partial charge in [-0.3, -0.25) is 4.68 Å². The van der Waals surface area contributed by atoms with Gasteiger partial charge in [0, 0.05) is 19.8 Å². The van der Waals surface area contributed by atoms with E-state index in [-0.39, 0.29) is 0 Å². The number of aryl methyl sites for hydroxylation is 1. The molecule has 0 spiro atoms. The fourth-order valence-corrected chi connectivity index (χ4v) is 1.14. The molecule has 12 heavy (non-hydrogen) atoms.